The maximum Gasteiger partial charge on any atom is 0.0649 e. The molecule has 2 aromatic heterocycles. The highest BCUT2D eigenvalue weighted by Crippen LogP contribution is 2.30. The van der Waals surface area contributed by atoms with Crippen molar-refractivity contribution >= 4 is 22.9 Å². The minimum atomic E-state index is 1.02. The molecule has 0 spiro atoms. The van der Waals surface area contributed by atoms with Crippen LogP contribution < -0.4 is 0 Å². The van der Waals surface area contributed by atoms with E-state index in [0.29, 0.717) is 0 Å². The molecule has 0 atom stereocenters. The van der Waals surface area contributed by atoms with Gasteiger partial charge in [0.15, 0.2) is 0 Å². The molecular weight excluding hydrogens is 212 g/mol. The van der Waals surface area contributed by atoms with Crippen molar-refractivity contribution in [3.63, 3.8) is 0 Å². The highest BCUT2D eigenvalue weighted by Gasteiger charge is 2.04. The SMILES string of the molecule is CN(C)Cc1ccc(-c2ccns2)s1. The average Bonchev–Trinajstić information content (AvgIpc) is 2.69. The van der Waals surface area contributed by atoms with Crippen LogP contribution in [0, 0.1) is 0 Å². The quantitative estimate of drug-likeness (QED) is 0.797. The third-order valence-corrected chi connectivity index (χ3v) is 3.83. The van der Waals surface area contributed by atoms with Gasteiger partial charge >= 0.3 is 0 Å². The molecule has 14 heavy (non-hydrogen) atoms. The topological polar surface area (TPSA) is 16.1 Å². The highest BCUT2D eigenvalue weighted by molar-refractivity contribution is 7.19. The van der Waals surface area contributed by atoms with Gasteiger partial charge in [0.2, 0.25) is 0 Å². The fourth-order valence-electron chi connectivity index (χ4n) is 1.25. The predicted molar refractivity (Wildman–Crippen MR) is 62.8 cm³/mol. The molecule has 0 bridgehead atoms. The second-order valence-electron chi connectivity index (χ2n) is 3.38. The molecule has 74 valence electrons. The number of rotatable bonds is 3. The third-order valence-electron chi connectivity index (χ3n) is 1.81. The Morgan fingerprint density at radius 2 is 2.07 bits per heavy atom. The fraction of sp³-hybridized carbons (Fsp3) is 0.300. The Kier molecular flexibility index (Phi) is 2.96. The van der Waals surface area contributed by atoms with Crippen LogP contribution >= 0.6 is 22.9 Å². The Hall–Kier alpha value is -0.710. The Labute approximate surface area is 92.0 Å². The van der Waals surface area contributed by atoms with E-state index >= 15 is 0 Å². The number of aromatic nitrogens is 1. The first kappa shape index (κ1) is 9.83. The molecule has 2 rings (SSSR count). The maximum atomic E-state index is 4.11. The summed E-state index contributed by atoms with van der Waals surface area (Å²) in [6.07, 6.45) is 1.85. The first-order valence-corrected chi connectivity index (χ1v) is 5.99. The summed E-state index contributed by atoms with van der Waals surface area (Å²) in [5.41, 5.74) is 0. The zero-order valence-electron chi connectivity index (χ0n) is 8.23. The minimum Gasteiger partial charge on any atom is -0.304 e. The molecule has 0 radical (unpaired) electrons. The Balaban J connectivity index is 2.18. The molecule has 0 aliphatic carbocycles. The average molecular weight is 224 g/mol. The van der Waals surface area contributed by atoms with Gasteiger partial charge in [-0.25, -0.2) is 4.37 Å². The van der Waals surface area contributed by atoms with Crippen LogP contribution in [-0.2, 0) is 6.54 Å². The summed E-state index contributed by atoms with van der Waals surface area (Å²) < 4.78 is 4.11. The minimum absolute atomic E-state index is 1.02. The first-order valence-electron chi connectivity index (χ1n) is 4.40. The summed E-state index contributed by atoms with van der Waals surface area (Å²) in [7, 11) is 4.18. The fourth-order valence-corrected chi connectivity index (χ4v) is 3.05. The molecule has 0 saturated carbocycles. The van der Waals surface area contributed by atoms with Gasteiger partial charge in [-0.1, -0.05) is 0 Å². The van der Waals surface area contributed by atoms with E-state index in [-0.39, 0.29) is 0 Å². The van der Waals surface area contributed by atoms with Crippen molar-refractivity contribution in [3.05, 3.63) is 29.3 Å². The smallest absolute Gasteiger partial charge is 0.0649 e. The predicted octanol–water partition coefficient (Wildman–Crippen LogP) is 2.93. The second kappa shape index (κ2) is 4.21. The van der Waals surface area contributed by atoms with E-state index in [4.69, 9.17) is 0 Å². The summed E-state index contributed by atoms with van der Waals surface area (Å²) >= 11 is 3.40. The van der Waals surface area contributed by atoms with Crippen LogP contribution in [0.4, 0.5) is 0 Å². The monoisotopic (exact) mass is 224 g/mol. The van der Waals surface area contributed by atoms with Crippen LogP contribution in [0.1, 0.15) is 4.88 Å². The molecule has 2 heterocycles. The molecule has 0 N–H and O–H groups in total. The largest absolute Gasteiger partial charge is 0.304 e. The van der Waals surface area contributed by atoms with Crippen molar-refractivity contribution in [2.45, 2.75) is 6.54 Å². The van der Waals surface area contributed by atoms with E-state index in [0.717, 1.165) is 6.54 Å². The summed E-state index contributed by atoms with van der Waals surface area (Å²) in [5, 5.41) is 0. The van der Waals surface area contributed by atoms with E-state index < -0.39 is 0 Å². The van der Waals surface area contributed by atoms with Crippen LogP contribution in [0.5, 0.6) is 0 Å². The highest BCUT2D eigenvalue weighted by atomic mass is 32.1. The molecule has 2 aromatic rings. The zero-order chi connectivity index (χ0) is 9.97. The first-order chi connectivity index (χ1) is 6.75. The Morgan fingerprint density at radius 1 is 1.21 bits per heavy atom. The van der Waals surface area contributed by atoms with Gasteiger partial charge in [-0.3, -0.25) is 0 Å². The zero-order valence-corrected chi connectivity index (χ0v) is 9.86. The molecule has 0 saturated heterocycles. The maximum absolute atomic E-state index is 4.11. The van der Waals surface area contributed by atoms with E-state index in [1.807, 2.05) is 17.5 Å². The van der Waals surface area contributed by atoms with Gasteiger partial charge in [-0.05, 0) is 43.8 Å². The van der Waals surface area contributed by atoms with Crippen molar-refractivity contribution in [2.75, 3.05) is 14.1 Å². The lowest BCUT2D eigenvalue weighted by molar-refractivity contribution is 0.406. The van der Waals surface area contributed by atoms with E-state index in [1.54, 1.807) is 11.5 Å². The van der Waals surface area contributed by atoms with E-state index in [2.05, 4.69) is 41.6 Å². The standard InChI is InChI=1S/C10H12N2S2/c1-12(2)7-8-3-4-9(13-8)10-5-6-11-14-10/h3-6H,7H2,1-2H3. The molecule has 4 heteroatoms. The lowest BCUT2D eigenvalue weighted by Gasteiger charge is -2.05. The van der Waals surface area contributed by atoms with Crippen LogP contribution in [0.3, 0.4) is 0 Å². The summed E-state index contributed by atoms with van der Waals surface area (Å²) in [4.78, 5) is 6.17. The Morgan fingerprint density at radius 3 is 2.71 bits per heavy atom. The van der Waals surface area contributed by atoms with Gasteiger partial charge in [0.1, 0.15) is 0 Å². The summed E-state index contributed by atoms with van der Waals surface area (Å²) in [6.45, 7) is 1.02. The van der Waals surface area contributed by atoms with Crippen molar-refractivity contribution in [2.24, 2.45) is 0 Å². The molecule has 0 aliphatic heterocycles. The van der Waals surface area contributed by atoms with Crippen molar-refractivity contribution < 1.29 is 0 Å². The molecule has 0 aliphatic rings. The van der Waals surface area contributed by atoms with Crippen molar-refractivity contribution in [1.29, 1.82) is 0 Å². The van der Waals surface area contributed by atoms with E-state index in [9.17, 15) is 0 Å². The van der Waals surface area contributed by atoms with Gasteiger partial charge in [0.25, 0.3) is 0 Å². The molecule has 0 amide bonds. The molecule has 2 nitrogen and oxygen atoms in total. The van der Waals surface area contributed by atoms with E-state index in [1.165, 1.54) is 14.6 Å². The van der Waals surface area contributed by atoms with Gasteiger partial charge in [-0.15, -0.1) is 11.3 Å². The second-order valence-corrected chi connectivity index (χ2v) is 5.38. The summed E-state index contributed by atoms with van der Waals surface area (Å²) in [5.74, 6) is 0. The Bertz CT molecular complexity index is 390. The van der Waals surface area contributed by atoms with Crippen LogP contribution in [-0.4, -0.2) is 23.4 Å². The third kappa shape index (κ3) is 2.20. The molecule has 0 unspecified atom stereocenters. The van der Waals surface area contributed by atoms with Crippen molar-refractivity contribution in [3.8, 4) is 9.75 Å². The van der Waals surface area contributed by atoms with Crippen LogP contribution in [0.25, 0.3) is 9.75 Å². The van der Waals surface area contributed by atoms with Gasteiger partial charge in [-0.2, -0.15) is 0 Å². The number of hydrogen-bond donors (Lipinski definition) is 0. The molecular formula is C10H12N2S2. The van der Waals surface area contributed by atoms with Crippen molar-refractivity contribution in [1.82, 2.24) is 9.27 Å². The molecule has 0 fully saturated rings. The lowest BCUT2D eigenvalue weighted by atomic mass is 10.4. The van der Waals surface area contributed by atoms with Gasteiger partial charge in [0, 0.05) is 22.5 Å². The van der Waals surface area contributed by atoms with Gasteiger partial charge < -0.3 is 4.90 Å². The normalized spacial score (nSPS) is 11.1. The lowest BCUT2D eigenvalue weighted by Crippen LogP contribution is -2.09. The number of hydrogen-bond acceptors (Lipinski definition) is 4. The number of thiophene rings is 1. The van der Waals surface area contributed by atoms with Crippen LogP contribution in [0.15, 0.2) is 24.4 Å². The number of nitrogens with zero attached hydrogens (tertiary/aromatic N) is 2. The van der Waals surface area contributed by atoms with Gasteiger partial charge in [0.05, 0.1) is 4.88 Å². The van der Waals surface area contributed by atoms with Crippen LogP contribution in [0.2, 0.25) is 0 Å². The molecule has 0 aromatic carbocycles. The summed E-state index contributed by atoms with van der Waals surface area (Å²) in [6, 6.07) is 6.44.